The molecule has 0 heterocycles. The van der Waals surface area contributed by atoms with E-state index >= 15 is 0 Å². The predicted octanol–water partition coefficient (Wildman–Crippen LogP) is 3.63. The Kier molecular flexibility index (Phi) is 2.10. The Bertz CT molecular complexity index is 598. The molecule has 2 heteroatoms. The molecule has 112 valence electrons. The van der Waals surface area contributed by atoms with Gasteiger partial charge in [-0.05, 0) is 83.9 Å². The molecule has 0 radical (unpaired) electrons. The average molecular weight is 290 g/mol. The van der Waals surface area contributed by atoms with Gasteiger partial charge in [-0.1, -0.05) is 12.2 Å². The van der Waals surface area contributed by atoms with Gasteiger partial charge in [-0.3, -0.25) is 0 Å². The lowest BCUT2D eigenvalue weighted by Crippen LogP contribution is -2.23. The summed E-state index contributed by atoms with van der Waals surface area (Å²) in [5.74, 6) is 10.2. The summed E-state index contributed by atoms with van der Waals surface area (Å²) in [6.07, 6.45) is 9.34. The topological polar surface area (TPSA) is 47.6 Å². The second-order valence-corrected chi connectivity index (χ2v) is 9.05. The van der Waals surface area contributed by atoms with Crippen LogP contribution in [0.15, 0.2) is 12.2 Å². The second kappa shape index (κ2) is 3.79. The SMILES string of the molecule is N#CC[C@@H]1CC2C3C[C@H](CC#N)C4C5C=CC6C5C(C2C61)C34. The number of rotatable bonds is 2. The maximum absolute atomic E-state index is 9.26. The summed E-state index contributed by atoms with van der Waals surface area (Å²) < 4.78 is 0. The number of hydrogen-bond acceptors (Lipinski definition) is 2. The highest BCUT2D eigenvalue weighted by Gasteiger charge is 2.76. The van der Waals surface area contributed by atoms with Crippen molar-refractivity contribution in [2.45, 2.75) is 25.7 Å². The lowest BCUT2D eigenvalue weighted by Gasteiger charge is -2.27. The number of fused-ring (bicyclic) bond motifs is 3. The van der Waals surface area contributed by atoms with E-state index in [1.165, 1.54) is 12.8 Å². The molecule has 0 aromatic rings. The molecule has 0 bridgehead atoms. The molecule has 6 aliphatic carbocycles. The Morgan fingerprint density at radius 1 is 0.682 bits per heavy atom. The van der Waals surface area contributed by atoms with Crippen LogP contribution in [0, 0.1) is 93.7 Å². The maximum atomic E-state index is 9.26. The van der Waals surface area contributed by atoms with Crippen LogP contribution in [-0.4, -0.2) is 0 Å². The minimum atomic E-state index is 0.674. The Balaban J connectivity index is 1.47. The third-order valence-corrected chi connectivity index (χ3v) is 9.04. The van der Waals surface area contributed by atoms with E-state index < -0.39 is 0 Å². The van der Waals surface area contributed by atoms with Gasteiger partial charge in [0.15, 0.2) is 0 Å². The van der Waals surface area contributed by atoms with Crippen LogP contribution in [-0.2, 0) is 0 Å². The Hall–Kier alpha value is -1.28. The normalized spacial score (nSPS) is 64.1. The monoisotopic (exact) mass is 290 g/mol. The highest BCUT2D eigenvalue weighted by molar-refractivity contribution is 5.31. The minimum absolute atomic E-state index is 0.674. The van der Waals surface area contributed by atoms with E-state index in [9.17, 15) is 10.5 Å². The van der Waals surface area contributed by atoms with E-state index in [2.05, 4.69) is 24.3 Å². The molecule has 2 nitrogen and oxygen atoms in total. The quantitative estimate of drug-likeness (QED) is 0.729. The van der Waals surface area contributed by atoms with E-state index in [0.717, 1.165) is 72.0 Å². The molecule has 6 aliphatic rings. The Morgan fingerprint density at radius 2 is 1.18 bits per heavy atom. The van der Waals surface area contributed by atoms with Crippen LogP contribution in [0.3, 0.4) is 0 Å². The zero-order valence-corrected chi connectivity index (χ0v) is 12.8. The van der Waals surface area contributed by atoms with Gasteiger partial charge in [-0.15, -0.1) is 0 Å². The van der Waals surface area contributed by atoms with Crippen molar-refractivity contribution in [3.05, 3.63) is 12.2 Å². The first kappa shape index (κ1) is 12.2. The molecule has 0 aliphatic heterocycles. The molecule has 22 heavy (non-hydrogen) atoms. The lowest BCUT2D eigenvalue weighted by atomic mass is 9.77. The van der Waals surface area contributed by atoms with Crippen LogP contribution in [0.4, 0.5) is 0 Å². The Labute approximate surface area is 132 Å². The first-order chi connectivity index (χ1) is 10.8. The average Bonchev–Trinajstić information content (AvgIpc) is 3.21. The van der Waals surface area contributed by atoms with Gasteiger partial charge in [-0.25, -0.2) is 0 Å². The van der Waals surface area contributed by atoms with Crippen molar-refractivity contribution in [3.8, 4) is 12.1 Å². The molecule has 5 saturated carbocycles. The highest BCUT2D eigenvalue weighted by atomic mass is 14.8. The van der Waals surface area contributed by atoms with Gasteiger partial charge in [0.05, 0.1) is 12.1 Å². The summed E-state index contributed by atoms with van der Waals surface area (Å²) in [4.78, 5) is 0. The van der Waals surface area contributed by atoms with E-state index in [1.54, 1.807) is 0 Å². The third kappa shape index (κ3) is 1.08. The van der Waals surface area contributed by atoms with E-state index in [1.807, 2.05) is 0 Å². The predicted molar refractivity (Wildman–Crippen MR) is 80.7 cm³/mol. The van der Waals surface area contributed by atoms with Crippen molar-refractivity contribution in [3.63, 3.8) is 0 Å². The summed E-state index contributed by atoms with van der Waals surface area (Å²) in [7, 11) is 0. The number of hydrogen-bond donors (Lipinski definition) is 0. The van der Waals surface area contributed by atoms with Crippen molar-refractivity contribution in [1.82, 2.24) is 0 Å². The molecule has 0 spiro atoms. The molecule has 10 unspecified atom stereocenters. The fraction of sp³-hybridized carbons (Fsp3) is 0.800. The molecular formula is C20H22N2. The summed E-state index contributed by atoms with van der Waals surface area (Å²) >= 11 is 0. The summed E-state index contributed by atoms with van der Waals surface area (Å²) in [6, 6.07) is 4.98. The van der Waals surface area contributed by atoms with Crippen LogP contribution in [0.1, 0.15) is 25.7 Å². The number of nitrogens with zero attached hydrogens (tertiary/aromatic N) is 2. The first-order valence-corrected chi connectivity index (χ1v) is 9.27. The second-order valence-electron chi connectivity index (χ2n) is 9.05. The van der Waals surface area contributed by atoms with Crippen molar-refractivity contribution >= 4 is 0 Å². The highest BCUT2D eigenvalue weighted by Crippen LogP contribution is 2.80. The molecule has 0 N–H and O–H groups in total. The van der Waals surface area contributed by atoms with Crippen LogP contribution < -0.4 is 0 Å². The van der Waals surface area contributed by atoms with Gasteiger partial charge in [0.2, 0.25) is 0 Å². The van der Waals surface area contributed by atoms with Gasteiger partial charge in [-0.2, -0.15) is 10.5 Å². The molecule has 12 atom stereocenters. The van der Waals surface area contributed by atoms with Crippen molar-refractivity contribution < 1.29 is 0 Å². The van der Waals surface area contributed by atoms with Gasteiger partial charge in [0, 0.05) is 12.8 Å². The van der Waals surface area contributed by atoms with Crippen LogP contribution in [0.25, 0.3) is 0 Å². The smallest absolute Gasteiger partial charge is 0.0624 e. The standard InChI is InChI=1S/C20H22N2/c21-5-3-9-7-13-14-8-10(4-6-22)16-12-2-1-11-15(9)18(13)20(17(11)12)19(14)16/h1-2,9-20H,3-4,7-8H2/t9-,10+,11?,12?,13?,14?,15?,16?,17?,18?,19?,20?. The molecule has 5 fully saturated rings. The zero-order chi connectivity index (χ0) is 14.6. The van der Waals surface area contributed by atoms with Gasteiger partial charge >= 0.3 is 0 Å². The molecule has 0 amide bonds. The largest absolute Gasteiger partial charge is 0.198 e. The van der Waals surface area contributed by atoms with Gasteiger partial charge in [0.25, 0.3) is 0 Å². The molecule has 0 saturated heterocycles. The minimum Gasteiger partial charge on any atom is -0.198 e. The fourth-order valence-corrected chi connectivity index (χ4v) is 9.17. The van der Waals surface area contributed by atoms with Crippen LogP contribution >= 0.6 is 0 Å². The van der Waals surface area contributed by atoms with Gasteiger partial charge in [0.1, 0.15) is 0 Å². The third-order valence-electron chi connectivity index (χ3n) is 9.04. The van der Waals surface area contributed by atoms with Crippen molar-refractivity contribution in [2.24, 2.45) is 71.0 Å². The van der Waals surface area contributed by atoms with E-state index in [-0.39, 0.29) is 0 Å². The Morgan fingerprint density at radius 3 is 1.64 bits per heavy atom. The van der Waals surface area contributed by atoms with Gasteiger partial charge < -0.3 is 0 Å². The summed E-state index contributed by atoms with van der Waals surface area (Å²) in [6.45, 7) is 0. The van der Waals surface area contributed by atoms with Crippen LogP contribution in [0.5, 0.6) is 0 Å². The molecule has 0 aromatic carbocycles. The van der Waals surface area contributed by atoms with Crippen LogP contribution in [0.2, 0.25) is 0 Å². The summed E-state index contributed by atoms with van der Waals surface area (Å²) in [5.41, 5.74) is 0. The first-order valence-electron chi connectivity index (χ1n) is 9.27. The van der Waals surface area contributed by atoms with Crippen molar-refractivity contribution in [1.29, 1.82) is 10.5 Å². The lowest BCUT2D eigenvalue weighted by molar-refractivity contribution is 0.225. The number of allylic oxidation sites excluding steroid dienone is 2. The zero-order valence-electron chi connectivity index (χ0n) is 12.8. The number of nitriles is 2. The molecule has 6 rings (SSSR count). The molecular weight excluding hydrogens is 268 g/mol. The van der Waals surface area contributed by atoms with E-state index in [4.69, 9.17) is 0 Å². The molecule has 0 aromatic heterocycles. The van der Waals surface area contributed by atoms with E-state index in [0.29, 0.717) is 11.8 Å². The summed E-state index contributed by atoms with van der Waals surface area (Å²) in [5, 5.41) is 18.5. The fourth-order valence-electron chi connectivity index (χ4n) is 9.17. The van der Waals surface area contributed by atoms with Crippen molar-refractivity contribution in [2.75, 3.05) is 0 Å². The maximum Gasteiger partial charge on any atom is 0.0624 e.